The fourth-order valence-corrected chi connectivity index (χ4v) is 3.11. The van der Waals surface area contributed by atoms with Crippen LogP contribution in [-0.4, -0.2) is 18.4 Å². The summed E-state index contributed by atoms with van der Waals surface area (Å²) in [6.45, 7) is 0. The summed E-state index contributed by atoms with van der Waals surface area (Å²) >= 11 is 0. The molecule has 21 heavy (non-hydrogen) atoms. The highest BCUT2D eigenvalue weighted by atomic mass is 32.2. The third-order valence-corrected chi connectivity index (χ3v) is 4.34. The fraction of sp³-hybridized carbons (Fsp3) is 0.0833. The van der Waals surface area contributed by atoms with Crippen molar-refractivity contribution in [3.63, 3.8) is 0 Å². The van der Waals surface area contributed by atoms with Gasteiger partial charge in [0.2, 0.25) is 0 Å². The summed E-state index contributed by atoms with van der Waals surface area (Å²) in [5.74, 6) is -2.23. The second-order valence-electron chi connectivity index (χ2n) is 3.98. The van der Waals surface area contributed by atoms with Gasteiger partial charge in [-0.3, -0.25) is 0 Å². The van der Waals surface area contributed by atoms with Gasteiger partial charge in [-0.25, -0.2) is 12.4 Å². The van der Waals surface area contributed by atoms with Crippen LogP contribution >= 0.6 is 0 Å². The SMILES string of the molecule is O=C([O-])c1c(C(F)(F)F)ccn1S(=O)(=O)c1ccccc1. The Kier molecular flexibility index (Phi) is 3.54. The number of carboxylic acid groups (broad SMARTS) is 1. The first-order valence-electron chi connectivity index (χ1n) is 5.46. The second-order valence-corrected chi connectivity index (χ2v) is 5.79. The number of hydrogen-bond donors (Lipinski definition) is 0. The Bertz CT molecular complexity index is 779. The third kappa shape index (κ3) is 2.64. The van der Waals surface area contributed by atoms with E-state index in [0.29, 0.717) is 12.3 Å². The first-order chi connectivity index (χ1) is 9.65. The minimum atomic E-state index is -5.01. The van der Waals surface area contributed by atoms with Gasteiger partial charge >= 0.3 is 6.18 Å². The Morgan fingerprint density at radius 2 is 1.67 bits per heavy atom. The van der Waals surface area contributed by atoms with Crippen molar-refractivity contribution in [3.8, 4) is 0 Å². The standard InChI is InChI=1S/C12H8F3NO4S/c13-12(14,15)9-6-7-16(10(9)11(17)18)21(19,20)8-4-2-1-3-5-8/h1-7H,(H,17,18)/p-1. The molecule has 2 aromatic rings. The van der Waals surface area contributed by atoms with Gasteiger partial charge in [-0.15, -0.1) is 0 Å². The van der Waals surface area contributed by atoms with E-state index in [4.69, 9.17) is 0 Å². The number of nitrogens with zero attached hydrogens (tertiary/aromatic N) is 1. The van der Waals surface area contributed by atoms with Crippen molar-refractivity contribution < 1.29 is 31.5 Å². The maximum atomic E-state index is 12.7. The van der Waals surface area contributed by atoms with Crippen molar-refractivity contribution in [3.05, 3.63) is 53.9 Å². The predicted molar refractivity (Wildman–Crippen MR) is 62.8 cm³/mol. The summed E-state index contributed by atoms with van der Waals surface area (Å²) in [4.78, 5) is 10.6. The maximum absolute atomic E-state index is 12.7. The van der Waals surface area contributed by atoms with Crippen LogP contribution in [0.1, 0.15) is 16.1 Å². The number of rotatable bonds is 3. The quantitative estimate of drug-likeness (QED) is 0.849. The average molecular weight is 318 g/mol. The Morgan fingerprint density at radius 3 is 2.14 bits per heavy atom. The first-order valence-corrected chi connectivity index (χ1v) is 6.90. The Balaban J connectivity index is 2.72. The molecule has 0 saturated heterocycles. The van der Waals surface area contributed by atoms with Crippen molar-refractivity contribution in [2.24, 2.45) is 0 Å². The maximum Gasteiger partial charge on any atom is 0.418 e. The van der Waals surface area contributed by atoms with Crippen molar-refractivity contribution in [1.29, 1.82) is 0 Å². The highest BCUT2D eigenvalue weighted by Crippen LogP contribution is 2.33. The number of alkyl halides is 3. The summed E-state index contributed by atoms with van der Waals surface area (Å²) in [5, 5.41) is 10.9. The normalized spacial score (nSPS) is 12.3. The summed E-state index contributed by atoms with van der Waals surface area (Å²) in [7, 11) is -4.46. The zero-order valence-electron chi connectivity index (χ0n) is 10.2. The molecule has 0 unspecified atom stereocenters. The summed E-state index contributed by atoms with van der Waals surface area (Å²) in [6, 6.07) is 6.89. The molecule has 112 valence electrons. The van der Waals surface area contributed by atoms with Crippen LogP contribution in [0.15, 0.2) is 47.5 Å². The number of hydrogen-bond acceptors (Lipinski definition) is 4. The molecule has 1 aromatic carbocycles. The molecule has 1 aromatic heterocycles. The number of carbonyl (C=O) groups is 1. The van der Waals surface area contributed by atoms with Gasteiger partial charge in [0, 0.05) is 6.20 Å². The molecule has 0 aliphatic heterocycles. The van der Waals surface area contributed by atoms with E-state index >= 15 is 0 Å². The Labute approximate surface area is 117 Å². The monoisotopic (exact) mass is 318 g/mol. The van der Waals surface area contributed by atoms with E-state index in [2.05, 4.69) is 0 Å². The molecule has 0 radical (unpaired) electrons. The second kappa shape index (κ2) is 4.92. The highest BCUT2D eigenvalue weighted by molar-refractivity contribution is 7.90. The fourth-order valence-electron chi connectivity index (χ4n) is 1.75. The minimum absolute atomic E-state index is 0.0560. The molecule has 0 amide bonds. The van der Waals surface area contributed by atoms with E-state index in [0.717, 1.165) is 12.1 Å². The van der Waals surface area contributed by atoms with Crippen molar-refractivity contribution >= 4 is 16.0 Å². The Morgan fingerprint density at radius 1 is 1.10 bits per heavy atom. The summed E-state index contributed by atoms with van der Waals surface area (Å²) in [5.41, 5.74) is -3.03. The molecule has 0 aliphatic carbocycles. The van der Waals surface area contributed by atoms with Crippen LogP contribution in [-0.2, 0) is 16.2 Å². The molecular weight excluding hydrogens is 311 g/mol. The van der Waals surface area contributed by atoms with Gasteiger partial charge in [-0.05, 0) is 18.2 Å². The summed E-state index contributed by atoms with van der Waals surface area (Å²) < 4.78 is 62.6. The number of aromatic nitrogens is 1. The molecule has 0 atom stereocenters. The lowest BCUT2D eigenvalue weighted by Crippen LogP contribution is -2.30. The van der Waals surface area contributed by atoms with Crippen molar-refractivity contribution in [2.75, 3.05) is 0 Å². The van der Waals surface area contributed by atoms with E-state index in [1.165, 1.54) is 18.2 Å². The first kappa shape index (κ1) is 15.1. The molecule has 2 rings (SSSR count). The molecule has 5 nitrogen and oxygen atoms in total. The zero-order valence-corrected chi connectivity index (χ0v) is 11.0. The van der Waals surface area contributed by atoms with Gasteiger partial charge in [0.25, 0.3) is 10.0 Å². The van der Waals surface area contributed by atoms with Crippen molar-refractivity contribution in [2.45, 2.75) is 11.1 Å². The van der Waals surface area contributed by atoms with Crippen LogP contribution < -0.4 is 5.11 Å². The molecule has 0 aliphatic rings. The van der Waals surface area contributed by atoms with Crippen LogP contribution in [0.25, 0.3) is 0 Å². The topological polar surface area (TPSA) is 79.2 Å². The number of carbonyl (C=O) groups excluding carboxylic acids is 1. The van der Waals surface area contributed by atoms with Crippen molar-refractivity contribution in [1.82, 2.24) is 3.97 Å². The van der Waals surface area contributed by atoms with E-state index in [1.54, 1.807) is 0 Å². The molecule has 0 fully saturated rings. The predicted octanol–water partition coefficient (Wildman–Crippen LogP) is 1.11. The lowest BCUT2D eigenvalue weighted by Gasteiger charge is -2.14. The summed E-state index contributed by atoms with van der Waals surface area (Å²) in [6.07, 6.45) is -4.47. The molecule has 0 N–H and O–H groups in total. The minimum Gasteiger partial charge on any atom is -0.543 e. The average Bonchev–Trinajstić information content (AvgIpc) is 2.85. The van der Waals surface area contributed by atoms with E-state index in [1.807, 2.05) is 0 Å². The number of carboxylic acids is 1. The number of halogens is 3. The lowest BCUT2D eigenvalue weighted by molar-refractivity contribution is -0.256. The Hall–Kier alpha value is -2.29. The number of aromatic carboxylic acids is 1. The van der Waals surface area contributed by atoms with Crippen LogP contribution in [0.5, 0.6) is 0 Å². The van der Waals surface area contributed by atoms with Crippen LogP contribution in [0.3, 0.4) is 0 Å². The van der Waals surface area contributed by atoms with Crippen LogP contribution in [0, 0.1) is 0 Å². The molecule has 0 spiro atoms. The van der Waals surface area contributed by atoms with Gasteiger partial charge in [0.15, 0.2) is 0 Å². The van der Waals surface area contributed by atoms with Gasteiger partial charge in [-0.1, -0.05) is 18.2 Å². The van der Waals surface area contributed by atoms with E-state index in [-0.39, 0.29) is 8.87 Å². The van der Waals surface area contributed by atoms with E-state index in [9.17, 15) is 31.5 Å². The van der Waals surface area contributed by atoms with Gasteiger partial charge in [0.05, 0.1) is 22.1 Å². The highest BCUT2D eigenvalue weighted by Gasteiger charge is 2.37. The smallest absolute Gasteiger partial charge is 0.418 e. The van der Waals surface area contributed by atoms with Crippen LogP contribution in [0.2, 0.25) is 0 Å². The largest absolute Gasteiger partial charge is 0.543 e. The molecule has 1 heterocycles. The van der Waals surface area contributed by atoms with Gasteiger partial charge in [-0.2, -0.15) is 13.2 Å². The van der Waals surface area contributed by atoms with Gasteiger partial charge < -0.3 is 9.90 Å². The molecule has 9 heteroatoms. The number of benzene rings is 1. The lowest BCUT2D eigenvalue weighted by atomic mass is 10.2. The molecule has 0 bridgehead atoms. The van der Waals surface area contributed by atoms with Crippen LogP contribution in [0.4, 0.5) is 13.2 Å². The third-order valence-electron chi connectivity index (χ3n) is 2.65. The molecule has 0 saturated carbocycles. The molecular formula is C12H7F3NO4S-. The van der Waals surface area contributed by atoms with E-state index < -0.39 is 33.4 Å². The van der Waals surface area contributed by atoms with Gasteiger partial charge in [0.1, 0.15) is 0 Å². The zero-order chi connectivity index (χ0) is 15.8.